The minimum Gasteiger partial charge on any atom is -0.382 e. The van der Waals surface area contributed by atoms with Crippen LogP contribution in [0.2, 0.25) is 0 Å². The molecule has 90 valence electrons. The van der Waals surface area contributed by atoms with Crippen molar-refractivity contribution in [2.45, 2.75) is 33.1 Å². The predicted octanol–water partition coefficient (Wildman–Crippen LogP) is 3.17. The van der Waals surface area contributed by atoms with Crippen LogP contribution in [0.1, 0.15) is 31.4 Å². The van der Waals surface area contributed by atoms with Gasteiger partial charge in [0.25, 0.3) is 0 Å². The highest BCUT2D eigenvalue weighted by Crippen LogP contribution is 2.26. The zero-order valence-electron chi connectivity index (χ0n) is 10.5. The molecule has 1 aromatic carbocycles. The van der Waals surface area contributed by atoms with E-state index in [4.69, 9.17) is 5.73 Å². The first-order valence-corrected chi connectivity index (χ1v) is 6.18. The number of H-pyrrole nitrogens is 1. The van der Waals surface area contributed by atoms with Crippen LogP contribution in [0, 0.1) is 0 Å². The first-order chi connectivity index (χ1) is 8.26. The van der Waals surface area contributed by atoms with Crippen molar-refractivity contribution < 1.29 is 0 Å². The summed E-state index contributed by atoms with van der Waals surface area (Å²) in [5.74, 6) is 0.626. The van der Waals surface area contributed by atoms with Gasteiger partial charge in [-0.15, -0.1) is 0 Å². The van der Waals surface area contributed by atoms with Crippen LogP contribution in [-0.2, 0) is 12.8 Å². The Morgan fingerprint density at radius 3 is 2.47 bits per heavy atom. The molecule has 0 atom stereocenters. The fourth-order valence-corrected chi connectivity index (χ4v) is 2.03. The summed E-state index contributed by atoms with van der Waals surface area (Å²) < 4.78 is 0. The van der Waals surface area contributed by atoms with Gasteiger partial charge in [-0.3, -0.25) is 5.10 Å². The van der Waals surface area contributed by atoms with Crippen molar-refractivity contribution >= 4 is 5.82 Å². The molecule has 3 N–H and O–H groups in total. The second kappa shape index (κ2) is 5.04. The third kappa shape index (κ3) is 2.33. The number of benzene rings is 1. The standard InChI is InChI=1S/C14H19N3/c1-3-5-12-13(16-17-14(12)15)11-8-6-10(4-2)7-9-11/h6-9H,3-5H2,1-2H3,(H3,15,16,17). The van der Waals surface area contributed by atoms with Crippen LogP contribution in [0.25, 0.3) is 11.3 Å². The monoisotopic (exact) mass is 229 g/mol. The molecule has 2 rings (SSSR count). The van der Waals surface area contributed by atoms with Gasteiger partial charge >= 0.3 is 0 Å². The number of nitrogen functional groups attached to an aromatic ring is 1. The maximum absolute atomic E-state index is 5.88. The Morgan fingerprint density at radius 2 is 1.88 bits per heavy atom. The molecule has 3 nitrogen and oxygen atoms in total. The van der Waals surface area contributed by atoms with Crippen molar-refractivity contribution in [3.8, 4) is 11.3 Å². The molecule has 0 aliphatic carbocycles. The maximum atomic E-state index is 5.88. The van der Waals surface area contributed by atoms with Crippen molar-refractivity contribution in [1.82, 2.24) is 10.2 Å². The molecule has 0 saturated carbocycles. The van der Waals surface area contributed by atoms with Gasteiger partial charge in [-0.05, 0) is 24.0 Å². The fourth-order valence-electron chi connectivity index (χ4n) is 2.03. The Hall–Kier alpha value is -1.77. The number of rotatable bonds is 4. The highest BCUT2D eigenvalue weighted by Gasteiger charge is 2.11. The molecule has 0 spiro atoms. The van der Waals surface area contributed by atoms with Gasteiger partial charge in [0.1, 0.15) is 5.82 Å². The molecule has 0 fully saturated rings. The second-order valence-electron chi connectivity index (χ2n) is 4.26. The number of aryl methyl sites for hydroxylation is 1. The van der Waals surface area contributed by atoms with E-state index in [9.17, 15) is 0 Å². The Balaban J connectivity index is 2.38. The number of nitrogens with zero attached hydrogens (tertiary/aromatic N) is 1. The molecule has 1 aromatic heterocycles. The molecular weight excluding hydrogens is 210 g/mol. The third-order valence-corrected chi connectivity index (χ3v) is 3.05. The van der Waals surface area contributed by atoms with Crippen molar-refractivity contribution in [1.29, 1.82) is 0 Å². The lowest BCUT2D eigenvalue weighted by Gasteiger charge is -2.04. The molecular formula is C14H19N3. The second-order valence-corrected chi connectivity index (χ2v) is 4.26. The molecule has 17 heavy (non-hydrogen) atoms. The summed E-state index contributed by atoms with van der Waals surface area (Å²) in [6, 6.07) is 8.57. The highest BCUT2D eigenvalue weighted by molar-refractivity contribution is 5.68. The average molecular weight is 229 g/mol. The van der Waals surface area contributed by atoms with E-state index in [2.05, 4.69) is 48.3 Å². The Bertz CT molecular complexity index is 483. The summed E-state index contributed by atoms with van der Waals surface area (Å²) in [5, 5.41) is 7.14. The van der Waals surface area contributed by atoms with E-state index in [0.29, 0.717) is 5.82 Å². The number of aromatic nitrogens is 2. The van der Waals surface area contributed by atoms with E-state index in [1.807, 2.05) is 0 Å². The van der Waals surface area contributed by atoms with Crippen LogP contribution < -0.4 is 5.73 Å². The molecule has 0 unspecified atom stereocenters. The van der Waals surface area contributed by atoms with Crippen LogP contribution in [0.4, 0.5) is 5.82 Å². The molecule has 3 heteroatoms. The summed E-state index contributed by atoms with van der Waals surface area (Å²) >= 11 is 0. The van der Waals surface area contributed by atoms with Crippen LogP contribution >= 0.6 is 0 Å². The fraction of sp³-hybridized carbons (Fsp3) is 0.357. The topological polar surface area (TPSA) is 54.7 Å². The smallest absolute Gasteiger partial charge is 0.149 e. The Kier molecular flexibility index (Phi) is 3.47. The summed E-state index contributed by atoms with van der Waals surface area (Å²) in [7, 11) is 0. The Morgan fingerprint density at radius 1 is 1.18 bits per heavy atom. The van der Waals surface area contributed by atoms with Crippen LogP contribution in [-0.4, -0.2) is 10.2 Å². The maximum Gasteiger partial charge on any atom is 0.149 e. The van der Waals surface area contributed by atoms with Gasteiger partial charge < -0.3 is 5.73 Å². The van der Waals surface area contributed by atoms with E-state index < -0.39 is 0 Å². The molecule has 0 bridgehead atoms. The Labute approximate surface area is 102 Å². The molecule has 0 radical (unpaired) electrons. The molecule has 0 aliphatic heterocycles. The largest absolute Gasteiger partial charge is 0.382 e. The van der Waals surface area contributed by atoms with Gasteiger partial charge in [0.15, 0.2) is 0 Å². The minimum absolute atomic E-state index is 0.626. The van der Waals surface area contributed by atoms with Crippen LogP contribution in [0.5, 0.6) is 0 Å². The first-order valence-electron chi connectivity index (χ1n) is 6.18. The van der Waals surface area contributed by atoms with Crippen LogP contribution in [0.15, 0.2) is 24.3 Å². The summed E-state index contributed by atoms with van der Waals surface area (Å²) in [6.45, 7) is 4.31. The number of hydrogen-bond donors (Lipinski definition) is 2. The lowest BCUT2D eigenvalue weighted by Crippen LogP contribution is -1.92. The molecule has 2 aromatic rings. The van der Waals surface area contributed by atoms with E-state index >= 15 is 0 Å². The molecule has 1 heterocycles. The van der Waals surface area contributed by atoms with Gasteiger partial charge in [-0.25, -0.2) is 0 Å². The molecule has 0 amide bonds. The first kappa shape index (κ1) is 11.7. The number of aromatic amines is 1. The van der Waals surface area contributed by atoms with Crippen molar-refractivity contribution in [2.24, 2.45) is 0 Å². The SMILES string of the molecule is CCCc1c(N)n[nH]c1-c1ccc(CC)cc1. The number of hydrogen-bond acceptors (Lipinski definition) is 2. The normalized spacial score (nSPS) is 10.7. The number of anilines is 1. The highest BCUT2D eigenvalue weighted by atomic mass is 15.2. The van der Waals surface area contributed by atoms with Gasteiger partial charge in [0, 0.05) is 5.56 Å². The van der Waals surface area contributed by atoms with E-state index in [1.54, 1.807) is 0 Å². The molecule has 0 saturated heterocycles. The number of nitrogens with two attached hydrogens (primary N) is 1. The van der Waals surface area contributed by atoms with E-state index in [0.717, 1.165) is 36.1 Å². The van der Waals surface area contributed by atoms with E-state index in [1.165, 1.54) is 5.56 Å². The average Bonchev–Trinajstić information content (AvgIpc) is 2.72. The third-order valence-electron chi connectivity index (χ3n) is 3.05. The van der Waals surface area contributed by atoms with Gasteiger partial charge in [0.05, 0.1) is 5.69 Å². The van der Waals surface area contributed by atoms with Gasteiger partial charge in [-0.2, -0.15) is 5.10 Å². The quantitative estimate of drug-likeness (QED) is 0.846. The lowest BCUT2D eigenvalue weighted by atomic mass is 10.0. The zero-order chi connectivity index (χ0) is 12.3. The summed E-state index contributed by atoms with van der Waals surface area (Å²) in [6.07, 6.45) is 3.10. The van der Waals surface area contributed by atoms with Crippen molar-refractivity contribution in [3.05, 3.63) is 35.4 Å². The van der Waals surface area contributed by atoms with E-state index in [-0.39, 0.29) is 0 Å². The lowest BCUT2D eigenvalue weighted by molar-refractivity contribution is 0.927. The molecule has 0 aliphatic rings. The van der Waals surface area contributed by atoms with Gasteiger partial charge in [0.2, 0.25) is 0 Å². The summed E-state index contributed by atoms with van der Waals surface area (Å²) in [4.78, 5) is 0. The van der Waals surface area contributed by atoms with Crippen molar-refractivity contribution in [2.75, 3.05) is 5.73 Å². The summed E-state index contributed by atoms with van der Waals surface area (Å²) in [5.41, 5.74) is 10.6. The zero-order valence-corrected chi connectivity index (χ0v) is 10.5. The minimum atomic E-state index is 0.626. The van der Waals surface area contributed by atoms with Crippen molar-refractivity contribution in [3.63, 3.8) is 0 Å². The van der Waals surface area contributed by atoms with Gasteiger partial charge in [-0.1, -0.05) is 44.5 Å². The number of nitrogens with one attached hydrogen (secondary N) is 1. The van der Waals surface area contributed by atoms with Crippen LogP contribution in [0.3, 0.4) is 0 Å². The predicted molar refractivity (Wildman–Crippen MR) is 71.8 cm³/mol.